The molecule has 5 heteroatoms. The van der Waals surface area contributed by atoms with E-state index in [9.17, 15) is 0 Å². The van der Waals surface area contributed by atoms with Crippen LogP contribution in [0.2, 0.25) is 10.3 Å². The summed E-state index contributed by atoms with van der Waals surface area (Å²) >= 11 is 12.2. The Labute approximate surface area is 110 Å². The smallest absolute Gasteiger partial charge is 0.164 e. The van der Waals surface area contributed by atoms with Gasteiger partial charge in [0, 0.05) is 23.5 Å². The zero-order valence-corrected chi connectivity index (χ0v) is 11.0. The van der Waals surface area contributed by atoms with Crippen molar-refractivity contribution in [2.45, 2.75) is 20.3 Å². The van der Waals surface area contributed by atoms with Gasteiger partial charge in [-0.05, 0) is 25.0 Å². The van der Waals surface area contributed by atoms with Crippen molar-refractivity contribution in [1.82, 2.24) is 15.0 Å². The fourth-order valence-corrected chi connectivity index (χ4v) is 2.20. The van der Waals surface area contributed by atoms with Gasteiger partial charge in [-0.25, -0.2) is 9.97 Å². The molecule has 0 aliphatic rings. The van der Waals surface area contributed by atoms with Crippen molar-refractivity contribution in [3.8, 4) is 11.4 Å². The lowest BCUT2D eigenvalue weighted by molar-refractivity contribution is 1.05. The molecule has 0 aliphatic carbocycles. The van der Waals surface area contributed by atoms with E-state index in [1.165, 1.54) is 0 Å². The molecular weight excluding hydrogens is 257 g/mol. The van der Waals surface area contributed by atoms with Gasteiger partial charge in [-0.2, -0.15) is 0 Å². The molecule has 0 bridgehead atoms. The Kier molecular flexibility index (Phi) is 3.60. The summed E-state index contributed by atoms with van der Waals surface area (Å²) < 4.78 is 0. The SMILES string of the molecule is CCc1c(Cl)nc(-c2cnccc2C)nc1Cl. The maximum atomic E-state index is 6.08. The highest BCUT2D eigenvalue weighted by Gasteiger charge is 2.12. The van der Waals surface area contributed by atoms with E-state index >= 15 is 0 Å². The third-order valence-electron chi connectivity index (χ3n) is 2.54. The number of pyridine rings is 1. The van der Waals surface area contributed by atoms with Gasteiger partial charge in [0.25, 0.3) is 0 Å². The van der Waals surface area contributed by atoms with Gasteiger partial charge >= 0.3 is 0 Å². The third-order valence-corrected chi connectivity index (χ3v) is 3.16. The summed E-state index contributed by atoms with van der Waals surface area (Å²) in [5.41, 5.74) is 2.66. The zero-order valence-electron chi connectivity index (χ0n) is 9.54. The van der Waals surface area contributed by atoms with Crippen molar-refractivity contribution in [3.05, 3.63) is 39.9 Å². The summed E-state index contributed by atoms with van der Waals surface area (Å²) in [5.74, 6) is 0.516. The van der Waals surface area contributed by atoms with Crippen LogP contribution in [0.5, 0.6) is 0 Å². The Hall–Kier alpha value is -1.19. The second-order valence-electron chi connectivity index (χ2n) is 3.65. The van der Waals surface area contributed by atoms with Crippen LogP contribution < -0.4 is 0 Å². The van der Waals surface area contributed by atoms with Gasteiger partial charge in [0.2, 0.25) is 0 Å². The summed E-state index contributed by atoms with van der Waals surface area (Å²) in [4.78, 5) is 12.6. The van der Waals surface area contributed by atoms with Crippen LogP contribution in [0.1, 0.15) is 18.1 Å². The van der Waals surface area contributed by atoms with Crippen LogP contribution in [-0.4, -0.2) is 15.0 Å². The first-order valence-electron chi connectivity index (χ1n) is 5.26. The highest BCUT2D eigenvalue weighted by Crippen LogP contribution is 2.26. The van der Waals surface area contributed by atoms with Gasteiger partial charge in [0.1, 0.15) is 10.3 Å². The van der Waals surface area contributed by atoms with E-state index in [0.29, 0.717) is 22.6 Å². The largest absolute Gasteiger partial charge is 0.264 e. The Morgan fingerprint density at radius 1 is 1.18 bits per heavy atom. The molecule has 0 saturated heterocycles. The maximum Gasteiger partial charge on any atom is 0.164 e. The first-order chi connectivity index (χ1) is 8.13. The fraction of sp³-hybridized carbons (Fsp3) is 0.250. The van der Waals surface area contributed by atoms with Crippen LogP contribution in [-0.2, 0) is 6.42 Å². The highest BCUT2D eigenvalue weighted by atomic mass is 35.5. The molecule has 0 aromatic carbocycles. The molecule has 0 spiro atoms. The standard InChI is InChI=1S/C12H11Cl2N3/c1-3-8-10(13)16-12(17-11(8)14)9-6-15-5-4-7(9)2/h4-6H,3H2,1-2H3. The predicted octanol–water partition coefficient (Wildman–Crippen LogP) is 3.72. The van der Waals surface area contributed by atoms with Gasteiger partial charge in [-0.15, -0.1) is 0 Å². The minimum Gasteiger partial charge on any atom is -0.264 e. The summed E-state index contributed by atoms with van der Waals surface area (Å²) in [6.07, 6.45) is 4.15. The van der Waals surface area contributed by atoms with Crippen molar-refractivity contribution in [3.63, 3.8) is 0 Å². The molecule has 2 heterocycles. The second kappa shape index (κ2) is 4.98. The molecule has 2 aromatic rings. The predicted molar refractivity (Wildman–Crippen MR) is 69.4 cm³/mol. The molecular formula is C12H11Cl2N3. The van der Waals surface area contributed by atoms with E-state index in [2.05, 4.69) is 15.0 Å². The first-order valence-corrected chi connectivity index (χ1v) is 6.02. The molecule has 0 aliphatic heterocycles. The van der Waals surface area contributed by atoms with E-state index < -0.39 is 0 Å². The molecule has 17 heavy (non-hydrogen) atoms. The van der Waals surface area contributed by atoms with Crippen LogP contribution in [0.15, 0.2) is 18.5 Å². The minimum absolute atomic E-state index is 0.408. The van der Waals surface area contributed by atoms with E-state index in [1.54, 1.807) is 12.4 Å². The minimum atomic E-state index is 0.408. The lowest BCUT2D eigenvalue weighted by atomic mass is 10.1. The molecule has 0 amide bonds. The number of hydrogen-bond donors (Lipinski definition) is 0. The number of aromatic nitrogens is 3. The zero-order chi connectivity index (χ0) is 12.4. The topological polar surface area (TPSA) is 38.7 Å². The van der Waals surface area contributed by atoms with Crippen LogP contribution in [0.25, 0.3) is 11.4 Å². The average molecular weight is 268 g/mol. The number of rotatable bonds is 2. The molecule has 2 aromatic heterocycles. The van der Waals surface area contributed by atoms with Crippen LogP contribution in [0, 0.1) is 6.92 Å². The Morgan fingerprint density at radius 3 is 2.35 bits per heavy atom. The maximum absolute atomic E-state index is 6.08. The van der Waals surface area contributed by atoms with Gasteiger partial charge < -0.3 is 0 Å². The summed E-state index contributed by atoms with van der Waals surface area (Å²) in [7, 11) is 0. The average Bonchev–Trinajstić information content (AvgIpc) is 2.29. The molecule has 2 rings (SSSR count). The lowest BCUT2D eigenvalue weighted by Crippen LogP contribution is -1.98. The van der Waals surface area contributed by atoms with Crippen LogP contribution in [0.3, 0.4) is 0 Å². The molecule has 0 fully saturated rings. The van der Waals surface area contributed by atoms with Gasteiger partial charge in [-0.1, -0.05) is 30.1 Å². The monoisotopic (exact) mass is 267 g/mol. The number of hydrogen-bond acceptors (Lipinski definition) is 3. The number of halogens is 2. The van der Waals surface area contributed by atoms with E-state index in [0.717, 1.165) is 16.7 Å². The Bertz CT molecular complexity index is 532. The normalized spacial score (nSPS) is 10.6. The van der Waals surface area contributed by atoms with Gasteiger partial charge in [0.15, 0.2) is 5.82 Å². The van der Waals surface area contributed by atoms with Crippen LogP contribution in [0.4, 0.5) is 0 Å². The molecule has 0 radical (unpaired) electrons. The molecule has 0 unspecified atom stereocenters. The molecule has 0 saturated carbocycles. The lowest BCUT2D eigenvalue weighted by Gasteiger charge is -2.07. The van der Waals surface area contributed by atoms with Crippen molar-refractivity contribution < 1.29 is 0 Å². The van der Waals surface area contributed by atoms with Gasteiger partial charge in [0.05, 0.1) is 0 Å². The third kappa shape index (κ3) is 2.40. The highest BCUT2D eigenvalue weighted by molar-refractivity contribution is 6.34. The van der Waals surface area contributed by atoms with Crippen molar-refractivity contribution in [1.29, 1.82) is 0 Å². The van der Waals surface area contributed by atoms with Crippen LogP contribution >= 0.6 is 23.2 Å². The van der Waals surface area contributed by atoms with E-state index in [4.69, 9.17) is 23.2 Å². The Morgan fingerprint density at radius 2 is 1.82 bits per heavy atom. The summed E-state index contributed by atoms with van der Waals surface area (Å²) in [6.45, 7) is 3.93. The number of nitrogens with zero attached hydrogens (tertiary/aromatic N) is 3. The molecule has 0 atom stereocenters. The Balaban J connectivity index is 2.59. The summed E-state index contributed by atoms with van der Waals surface area (Å²) in [5, 5.41) is 0.816. The van der Waals surface area contributed by atoms with E-state index in [1.807, 2.05) is 19.9 Å². The number of aryl methyl sites for hydroxylation is 1. The van der Waals surface area contributed by atoms with Gasteiger partial charge in [-0.3, -0.25) is 4.98 Å². The van der Waals surface area contributed by atoms with Crippen molar-refractivity contribution >= 4 is 23.2 Å². The molecule has 0 N–H and O–H groups in total. The molecule has 3 nitrogen and oxygen atoms in total. The molecule has 88 valence electrons. The fourth-order valence-electron chi connectivity index (χ4n) is 1.54. The summed E-state index contributed by atoms with van der Waals surface area (Å²) in [6, 6.07) is 1.90. The second-order valence-corrected chi connectivity index (χ2v) is 4.37. The van der Waals surface area contributed by atoms with E-state index in [-0.39, 0.29) is 0 Å². The first kappa shape index (κ1) is 12.3. The van der Waals surface area contributed by atoms with Crippen molar-refractivity contribution in [2.75, 3.05) is 0 Å². The van der Waals surface area contributed by atoms with Crippen molar-refractivity contribution in [2.24, 2.45) is 0 Å². The quantitative estimate of drug-likeness (QED) is 0.779.